The largest absolute Gasteiger partial charge is 0.360 e. The Labute approximate surface area is 158 Å². The van der Waals surface area contributed by atoms with Gasteiger partial charge in [0.1, 0.15) is 10.6 Å². The van der Waals surface area contributed by atoms with Crippen molar-refractivity contribution in [2.45, 2.75) is 32.1 Å². The minimum Gasteiger partial charge on any atom is -0.360 e. The average molecular weight is 400 g/mol. The summed E-state index contributed by atoms with van der Waals surface area (Å²) in [5.74, 6) is 0.122. The molecule has 7 nitrogen and oxygen atoms in total. The summed E-state index contributed by atoms with van der Waals surface area (Å²) in [4.78, 5) is 13.5. The van der Waals surface area contributed by atoms with Crippen LogP contribution in [-0.4, -0.2) is 44.0 Å². The van der Waals surface area contributed by atoms with E-state index in [9.17, 15) is 13.2 Å². The van der Waals surface area contributed by atoms with Gasteiger partial charge in [0.15, 0.2) is 5.76 Å². The number of nitrogens with zero attached hydrogens (tertiary/aromatic N) is 2. The fraction of sp³-hybridized carbons (Fsp3) is 0.412. The first-order valence-electron chi connectivity index (χ1n) is 8.13. The van der Waals surface area contributed by atoms with Crippen molar-refractivity contribution in [1.82, 2.24) is 14.8 Å². The summed E-state index contributed by atoms with van der Waals surface area (Å²) in [6.07, 6.45) is 0.660. The maximum Gasteiger partial charge on any atom is 0.246 e. The Kier molecular flexibility index (Phi) is 6.80. The molecular weight excluding hydrogens is 378 g/mol. The van der Waals surface area contributed by atoms with E-state index in [0.717, 1.165) is 5.56 Å². The van der Waals surface area contributed by atoms with Gasteiger partial charge in [0.05, 0.1) is 0 Å². The second-order valence-electron chi connectivity index (χ2n) is 5.93. The minimum atomic E-state index is -3.73. The third-order valence-electron chi connectivity index (χ3n) is 3.94. The SMILES string of the molecule is CC(=O)N(CCNS(=O)(=O)c1c(C)noc1C)CCc1ccc(Cl)cc1. The van der Waals surface area contributed by atoms with Gasteiger partial charge in [-0.25, -0.2) is 13.1 Å². The van der Waals surface area contributed by atoms with Crippen LogP contribution in [0.4, 0.5) is 0 Å². The molecule has 0 atom stereocenters. The number of aromatic nitrogens is 1. The van der Waals surface area contributed by atoms with Gasteiger partial charge in [0.25, 0.3) is 0 Å². The Balaban J connectivity index is 1.92. The van der Waals surface area contributed by atoms with E-state index in [1.807, 2.05) is 12.1 Å². The monoisotopic (exact) mass is 399 g/mol. The van der Waals surface area contributed by atoms with E-state index in [4.69, 9.17) is 16.1 Å². The summed E-state index contributed by atoms with van der Waals surface area (Å²) in [6, 6.07) is 7.40. The van der Waals surface area contributed by atoms with Gasteiger partial charge < -0.3 is 9.42 Å². The number of hydrogen-bond acceptors (Lipinski definition) is 5. The summed E-state index contributed by atoms with van der Waals surface area (Å²) in [7, 11) is -3.73. The smallest absolute Gasteiger partial charge is 0.246 e. The number of nitrogens with one attached hydrogen (secondary N) is 1. The van der Waals surface area contributed by atoms with E-state index < -0.39 is 10.0 Å². The first-order chi connectivity index (χ1) is 12.2. The highest BCUT2D eigenvalue weighted by atomic mass is 35.5. The van der Waals surface area contributed by atoms with E-state index in [1.54, 1.807) is 30.9 Å². The molecule has 0 bridgehead atoms. The molecule has 0 spiro atoms. The highest BCUT2D eigenvalue weighted by Gasteiger charge is 2.24. The van der Waals surface area contributed by atoms with Gasteiger partial charge in [0.2, 0.25) is 15.9 Å². The number of amides is 1. The topological polar surface area (TPSA) is 92.5 Å². The van der Waals surface area contributed by atoms with Crippen molar-refractivity contribution in [2.75, 3.05) is 19.6 Å². The molecule has 0 radical (unpaired) electrons. The van der Waals surface area contributed by atoms with Crippen LogP contribution in [0, 0.1) is 13.8 Å². The molecule has 1 aromatic carbocycles. The molecule has 26 heavy (non-hydrogen) atoms. The van der Waals surface area contributed by atoms with Gasteiger partial charge in [-0.15, -0.1) is 0 Å². The van der Waals surface area contributed by atoms with Crippen LogP contribution in [0.5, 0.6) is 0 Å². The number of aryl methyl sites for hydroxylation is 2. The van der Waals surface area contributed by atoms with Gasteiger partial charge in [-0.05, 0) is 38.0 Å². The number of hydrogen-bond donors (Lipinski definition) is 1. The molecule has 2 aromatic rings. The number of rotatable bonds is 8. The maximum atomic E-state index is 12.4. The first kappa shape index (κ1) is 20.4. The summed E-state index contributed by atoms with van der Waals surface area (Å²) >= 11 is 5.86. The van der Waals surface area contributed by atoms with Gasteiger partial charge in [-0.3, -0.25) is 4.79 Å². The van der Waals surface area contributed by atoms with Crippen LogP contribution in [0.1, 0.15) is 23.9 Å². The van der Waals surface area contributed by atoms with Crippen LogP contribution in [-0.2, 0) is 21.2 Å². The van der Waals surface area contributed by atoms with Crippen molar-refractivity contribution in [2.24, 2.45) is 0 Å². The summed E-state index contributed by atoms with van der Waals surface area (Å²) in [6.45, 7) is 5.44. The highest BCUT2D eigenvalue weighted by molar-refractivity contribution is 7.89. The lowest BCUT2D eigenvalue weighted by atomic mass is 10.1. The fourth-order valence-corrected chi connectivity index (χ4v) is 4.06. The third-order valence-corrected chi connectivity index (χ3v) is 5.90. The standard InChI is InChI=1S/C17H22ClN3O4S/c1-12-17(13(2)25-20-12)26(23,24)19-9-11-21(14(3)22)10-8-15-4-6-16(18)7-5-15/h4-7,19H,8-11H2,1-3H3. The predicted molar refractivity (Wildman–Crippen MR) is 98.6 cm³/mol. The minimum absolute atomic E-state index is 0.0491. The molecule has 0 unspecified atom stereocenters. The Bertz CT molecular complexity index is 843. The predicted octanol–water partition coefficient (Wildman–Crippen LogP) is 2.31. The molecule has 0 aliphatic heterocycles. The zero-order valence-electron chi connectivity index (χ0n) is 15.0. The Morgan fingerprint density at radius 2 is 1.88 bits per heavy atom. The normalized spacial score (nSPS) is 11.5. The van der Waals surface area contributed by atoms with E-state index in [2.05, 4.69) is 9.88 Å². The van der Waals surface area contributed by atoms with Gasteiger partial charge in [0, 0.05) is 31.6 Å². The van der Waals surface area contributed by atoms with Crippen LogP contribution in [0.2, 0.25) is 5.02 Å². The molecule has 0 saturated carbocycles. The number of sulfonamides is 1. The molecule has 0 aliphatic rings. The molecule has 1 heterocycles. The van der Waals surface area contributed by atoms with E-state index in [0.29, 0.717) is 23.7 Å². The third kappa shape index (κ3) is 5.30. The van der Waals surface area contributed by atoms with Crippen LogP contribution < -0.4 is 4.72 Å². The van der Waals surface area contributed by atoms with Crippen LogP contribution in [0.15, 0.2) is 33.7 Å². The molecule has 2 rings (SSSR count). The molecule has 142 valence electrons. The van der Waals surface area contributed by atoms with E-state index in [1.165, 1.54) is 6.92 Å². The lowest BCUT2D eigenvalue weighted by Crippen LogP contribution is -2.38. The molecule has 1 aromatic heterocycles. The van der Waals surface area contributed by atoms with E-state index in [-0.39, 0.29) is 29.7 Å². The zero-order valence-corrected chi connectivity index (χ0v) is 16.5. The Morgan fingerprint density at radius 3 is 2.42 bits per heavy atom. The number of carbonyl (C=O) groups excluding carboxylic acids is 1. The molecular formula is C17H22ClN3O4S. The average Bonchev–Trinajstić information content (AvgIpc) is 2.91. The zero-order chi connectivity index (χ0) is 19.3. The molecule has 0 aliphatic carbocycles. The second kappa shape index (κ2) is 8.66. The molecule has 1 N–H and O–H groups in total. The molecule has 0 saturated heterocycles. The molecule has 9 heteroatoms. The lowest BCUT2D eigenvalue weighted by molar-refractivity contribution is -0.128. The lowest BCUT2D eigenvalue weighted by Gasteiger charge is -2.21. The number of benzene rings is 1. The van der Waals surface area contributed by atoms with Crippen molar-refractivity contribution in [3.05, 3.63) is 46.3 Å². The van der Waals surface area contributed by atoms with Crippen LogP contribution >= 0.6 is 11.6 Å². The van der Waals surface area contributed by atoms with Crippen LogP contribution in [0.3, 0.4) is 0 Å². The van der Waals surface area contributed by atoms with Gasteiger partial charge >= 0.3 is 0 Å². The van der Waals surface area contributed by atoms with Crippen LogP contribution in [0.25, 0.3) is 0 Å². The summed E-state index contributed by atoms with van der Waals surface area (Å²) in [5.41, 5.74) is 1.36. The quantitative estimate of drug-likeness (QED) is 0.735. The van der Waals surface area contributed by atoms with Crippen molar-refractivity contribution in [1.29, 1.82) is 0 Å². The summed E-state index contributed by atoms with van der Waals surface area (Å²) < 4.78 is 32.1. The number of carbonyl (C=O) groups is 1. The Morgan fingerprint density at radius 1 is 1.23 bits per heavy atom. The Hall–Kier alpha value is -1.90. The second-order valence-corrected chi connectivity index (χ2v) is 8.07. The van der Waals surface area contributed by atoms with Crippen molar-refractivity contribution >= 4 is 27.5 Å². The molecule has 0 fully saturated rings. The summed E-state index contributed by atoms with van der Waals surface area (Å²) in [5, 5.41) is 4.31. The van der Waals surface area contributed by atoms with Crippen molar-refractivity contribution in [3.63, 3.8) is 0 Å². The van der Waals surface area contributed by atoms with Crippen molar-refractivity contribution < 1.29 is 17.7 Å². The highest BCUT2D eigenvalue weighted by Crippen LogP contribution is 2.18. The fourth-order valence-electron chi connectivity index (χ4n) is 2.59. The van der Waals surface area contributed by atoms with Gasteiger partial charge in [-0.1, -0.05) is 28.9 Å². The first-order valence-corrected chi connectivity index (χ1v) is 9.99. The number of halogens is 1. The molecule has 1 amide bonds. The van der Waals surface area contributed by atoms with Crippen molar-refractivity contribution in [3.8, 4) is 0 Å². The van der Waals surface area contributed by atoms with Gasteiger partial charge in [-0.2, -0.15) is 0 Å². The maximum absolute atomic E-state index is 12.4. The van der Waals surface area contributed by atoms with E-state index >= 15 is 0 Å².